The zero-order valence-corrected chi connectivity index (χ0v) is 38.4. The summed E-state index contributed by atoms with van der Waals surface area (Å²) in [7, 11) is 0. The Morgan fingerprint density at radius 2 is 0.596 bits per heavy atom. The lowest BCUT2D eigenvalue weighted by Crippen LogP contribution is -2.30. The number of hydrogen-bond donors (Lipinski definition) is 0. The molecule has 0 heterocycles. The first-order chi connectivity index (χ1) is 28.0. The van der Waals surface area contributed by atoms with Gasteiger partial charge in [-0.05, 0) is 38.5 Å². The molecule has 0 aliphatic heterocycles. The molecule has 336 valence electrons. The van der Waals surface area contributed by atoms with Crippen LogP contribution in [-0.4, -0.2) is 37.2 Å². The highest BCUT2D eigenvalue weighted by atomic mass is 16.6. The summed E-state index contributed by atoms with van der Waals surface area (Å²) < 4.78 is 16.7. The molecule has 0 bridgehead atoms. The lowest BCUT2D eigenvalue weighted by molar-refractivity contribution is -0.167. The third-order valence-corrected chi connectivity index (χ3v) is 11.3. The lowest BCUT2D eigenvalue weighted by Gasteiger charge is -2.18. The van der Waals surface area contributed by atoms with E-state index >= 15 is 0 Å². The third-order valence-electron chi connectivity index (χ3n) is 11.3. The molecule has 57 heavy (non-hydrogen) atoms. The van der Waals surface area contributed by atoms with Gasteiger partial charge in [-0.1, -0.05) is 232 Å². The minimum absolute atomic E-state index is 0.0733. The number of esters is 3. The average molecular weight is 805 g/mol. The molecule has 0 saturated carbocycles. The molecule has 6 nitrogen and oxygen atoms in total. The lowest BCUT2D eigenvalue weighted by atomic mass is 10.0. The largest absolute Gasteiger partial charge is 0.462 e. The highest BCUT2D eigenvalue weighted by Crippen LogP contribution is 2.16. The Hall–Kier alpha value is -1.85. The van der Waals surface area contributed by atoms with E-state index in [9.17, 15) is 14.4 Å². The normalized spacial score (nSPS) is 12.0. The Balaban J connectivity index is 4.25. The molecule has 0 aromatic carbocycles. The molecule has 0 aliphatic carbocycles. The summed E-state index contributed by atoms with van der Waals surface area (Å²) in [5.74, 6) is -0.897. The molecule has 0 saturated heterocycles. The first-order valence-electron chi connectivity index (χ1n) is 25.2. The van der Waals surface area contributed by atoms with Gasteiger partial charge in [0.2, 0.25) is 0 Å². The van der Waals surface area contributed by atoms with E-state index in [0.29, 0.717) is 19.3 Å². The molecule has 0 amide bonds. The van der Waals surface area contributed by atoms with Gasteiger partial charge in [0.1, 0.15) is 13.2 Å². The maximum atomic E-state index is 12.7. The summed E-state index contributed by atoms with van der Waals surface area (Å²) in [6.45, 7) is 6.61. The Morgan fingerprint density at radius 1 is 0.333 bits per heavy atom. The van der Waals surface area contributed by atoms with E-state index in [4.69, 9.17) is 14.2 Å². The van der Waals surface area contributed by atoms with E-state index in [1.807, 2.05) is 0 Å². The molecule has 0 rings (SSSR count). The van der Waals surface area contributed by atoms with Crippen LogP contribution >= 0.6 is 0 Å². The number of allylic oxidation sites excluding steroid dienone is 2. The van der Waals surface area contributed by atoms with Crippen molar-refractivity contribution in [3.05, 3.63) is 12.2 Å². The van der Waals surface area contributed by atoms with Gasteiger partial charge in [0.15, 0.2) is 6.10 Å². The fraction of sp³-hybridized carbons (Fsp3) is 0.902. The molecule has 0 fully saturated rings. The minimum Gasteiger partial charge on any atom is -0.462 e. The van der Waals surface area contributed by atoms with E-state index in [1.165, 1.54) is 180 Å². The number of unbranched alkanes of at least 4 members (excludes halogenated alkanes) is 33. The predicted octanol–water partition coefficient (Wildman–Crippen LogP) is 16.2. The number of ether oxygens (including phenoxy) is 3. The molecule has 0 spiro atoms. The molecule has 1 atom stereocenters. The van der Waals surface area contributed by atoms with Crippen molar-refractivity contribution in [2.75, 3.05) is 13.2 Å². The second-order valence-electron chi connectivity index (χ2n) is 17.1. The standard InChI is InChI=1S/C51H96O6/c1-4-7-10-13-16-19-21-23-24-25-26-27-28-30-32-35-38-41-44-50(53)56-47-48(46-55-49(52)43-40-37-34-31-18-15-12-9-6-3)57-51(54)45-42-39-36-33-29-22-20-17-14-11-8-5-2/h31,34,48H,4-30,32-33,35-47H2,1-3H3/b34-31-. The predicted molar refractivity (Wildman–Crippen MR) is 243 cm³/mol. The monoisotopic (exact) mass is 805 g/mol. The third kappa shape index (κ3) is 45.1. The van der Waals surface area contributed by atoms with E-state index in [0.717, 1.165) is 57.8 Å². The summed E-state index contributed by atoms with van der Waals surface area (Å²) in [5.41, 5.74) is 0. The van der Waals surface area contributed by atoms with Crippen LogP contribution in [-0.2, 0) is 28.6 Å². The van der Waals surface area contributed by atoms with Crippen LogP contribution in [0.25, 0.3) is 0 Å². The van der Waals surface area contributed by atoms with Gasteiger partial charge in [0.25, 0.3) is 0 Å². The molecule has 0 aromatic heterocycles. The van der Waals surface area contributed by atoms with Crippen molar-refractivity contribution in [1.29, 1.82) is 0 Å². The average Bonchev–Trinajstić information content (AvgIpc) is 3.21. The number of carbonyl (C=O) groups is 3. The molecule has 1 unspecified atom stereocenters. The summed E-state index contributed by atoms with van der Waals surface area (Å²) in [5, 5.41) is 0. The van der Waals surface area contributed by atoms with Crippen LogP contribution in [0.5, 0.6) is 0 Å². The van der Waals surface area contributed by atoms with Gasteiger partial charge in [-0.2, -0.15) is 0 Å². The Morgan fingerprint density at radius 3 is 0.947 bits per heavy atom. The van der Waals surface area contributed by atoms with Crippen LogP contribution < -0.4 is 0 Å². The summed E-state index contributed by atoms with van der Waals surface area (Å²) >= 11 is 0. The maximum Gasteiger partial charge on any atom is 0.306 e. The Labute approximate surface area is 354 Å². The second kappa shape index (κ2) is 46.8. The summed E-state index contributed by atoms with van der Waals surface area (Å²) in [6, 6.07) is 0. The fourth-order valence-corrected chi connectivity index (χ4v) is 7.45. The molecule has 0 radical (unpaired) electrons. The SMILES string of the molecule is CCCCCC/C=C\CCCC(=O)OCC(COC(=O)CCCCCCCCCCCCCCCCCCCC)OC(=O)CCCCCCCCCCCCCC. The number of hydrogen-bond acceptors (Lipinski definition) is 6. The van der Waals surface area contributed by atoms with Crippen LogP contribution in [0.15, 0.2) is 12.2 Å². The molecule has 0 aromatic rings. The van der Waals surface area contributed by atoms with Crippen molar-refractivity contribution in [1.82, 2.24) is 0 Å². The van der Waals surface area contributed by atoms with Crippen molar-refractivity contribution < 1.29 is 28.6 Å². The van der Waals surface area contributed by atoms with Gasteiger partial charge in [0, 0.05) is 19.3 Å². The molecule has 0 aliphatic rings. The molecular formula is C51H96O6. The van der Waals surface area contributed by atoms with Crippen LogP contribution in [0.4, 0.5) is 0 Å². The van der Waals surface area contributed by atoms with Crippen LogP contribution in [0.2, 0.25) is 0 Å². The van der Waals surface area contributed by atoms with Gasteiger partial charge in [-0.3, -0.25) is 14.4 Å². The first kappa shape index (κ1) is 55.2. The van der Waals surface area contributed by atoms with Crippen molar-refractivity contribution >= 4 is 17.9 Å². The zero-order valence-electron chi connectivity index (χ0n) is 38.4. The van der Waals surface area contributed by atoms with Crippen molar-refractivity contribution in [2.24, 2.45) is 0 Å². The van der Waals surface area contributed by atoms with Crippen LogP contribution in [0.3, 0.4) is 0 Å². The highest BCUT2D eigenvalue weighted by molar-refractivity contribution is 5.71. The van der Waals surface area contributed by atoms with E-state index in [2.05, 4.69) is 32.9 Å². The summed E-state index contributed by atoms with van der Waals surface area (Å²) in [6.07, 6.45) is 50.7. The van der Waals surface area contributed by atoms with Gasteiger partial charge >= 0.3 is 17.9 Å². The minimum atomic E-state index is -0.772. The van der Waals surface area contributed by atoms with Gasteiger partial charge < -0.3 is 14.2 Å². The smallest absolute Gasteiger partial charge is 0.306 e. The molecule has 0 N–H and O–H groups in total. The van der Waals surface area contributed by atoms with E-state index < -0.39 is 6.10 Å². The number of carbonyl (C=O) groups excluding carboxylic acids is 3. The van der Waals surface area contributed by atoms with E-state index in [1.54, 1.807) is 0 Å². The Kier molecular flexibility index (Phi) is 45.3. The van der Waals surface area contributed by atoms with Gasteiger partial charge in [-0.15, -0.1) is 0 Å². The summed E-state index contributed by atoms with van der Waals surface area (Å²) in [4.78, 5) is 37.8. The molecular weight excluding hydrogens is 709 g/mol. The number of rotatable bonds is 46. The second-order valence-corrected chi connectivity index (χ2v) is 17.1. The van der Waals surface area contributed by atoms with Gasteiger partial charge in [-0.25, -0.2) is 0 Å². The molecule has 6 heteroatoms. The maximum absolute atomic E-state index is 12.7. The van der Waals surface area contributed by atoms with E-state index in [-0.39, 0.29) is 31.1 Å². The zero-order chi connectivity index (χ0) is 41.5. The topological polar surface area (TPSA) is 78.9 Å². The highest BCUT2D eigenvalue weighted by Gasteiger charge is 2.19. The Bertz CT molecular complexity index is 885. The first-order valence-corrected chi connectivity index (χ1v) is 25.2. The van der Waals surface area contributed by atoms with Gasteiger partial charge in [0.05, 0.1) is 0 Å². The fourth-order valence-electron chi connectivity index (χ4n) is 7.45. The van der Waals surface area contributed by atoms with Crippen LogP contribution in [0, 0.1) is 0 Å². The van der Waals surface area contributed by atoms with Crippen LogP contribution in [0.1, 0.15) is 278 Å². The van der Waals surface area contributed by atoms with Crippen molar-refractivity contribution in [3.8, 4) is 0 Å². The van der Waals surface area contributed by atoms with Crippen molar-refractivity contribution in [3.63, 3.8) is 0 Å². The quantitative estimate of drug-likeness (QED) is 0.0264. The van der Waals surface area contributed by atoms with Crippen molar-refractivity contribution in [2.45, 2.75) is 284 Å².